The van der Waals surface area contributed by atoms with Crippen LogP contribution in [0.5, 0.6) is 0 Å². The molecular weight excluding hydrogens is 174 g/mol. The first kappa shape index (κ1) is 13.9. The summed E-state index contributed by atoms with van der Waals surface area (Å²) < 4.78 is 5.90. The highest BCUT2D eigenvalue weighted by molar-refractivity contribution is 4.68. The van der Waals surface area contributed by atoms with Crippen LogP contribution in [0.15, 0.2) is 0 Å². The summed E-state index contributed by atoms with van der Waals surface area (Å²) in [5.74, 6) is 0. The summed E-state index contributed by atoms with van der Waals surface area (Å²) in [6.45, 7) is 12.9. The standard InChI is InChI=1S/C12H27NO/c1-6-8-9-13-10-11(3)14-12(4,5)7-2/h11,13H,6-10H2,1-5H3. The second-order valence-electron chi connectivity index (χ2n) is 4.60. The Bertz CT molecular complexity index is 134. The first-order chi connectivity index (χ1) is 6.52. The first-order valence-corrected chi connectivity index (χ1v) is 5.90. The zero-order chi connectivity index (χ0) is 11.0. The molecule has 2 heteroatoms. The van der Waals surface area contributed by atoms with Gasteiger partial charge in [-0.15, -0.1) is 0 Å². The molecule has 0 spiro atoms. The lowest BCUT2D eigenvalue weighted by atomic mass is 10.1. The SMILES string of the molecule is CCCCNCC(C)OC(C)(C)CC. The largest absolute Gasteiger partial charge is 0.371 e. The van der Waals surface area contributed by atoms with Gasteiger partial charge in [0.25, 0.3) is 0 Å². The smallest absolute Gasteiger partial charge is 0.0678 e. The molecular formula is C12H27NO. The van der Waals surface area contributed by atoms with E-state index >= 15 is 0 Å². The first-order valence-electron chi connectivity index (χ1n) is 5.90. The number of unbranched alkanes of at least 4 members (excludes halogenated alkanes) is 1. The van der Waals surface area contributed by atoms with Crippen LogP contribution in [0.4, 0.5) is 0 Å². The fraction of sp³-hybridized carbons (Fsp3) is 1.00. The predicted octanol–water partition coefficient (Wildman–Crippen LogP) is 2.97. The Morgan fingerprint density at radius 1 is 1.29 bits per heavy atom. The molecule has 0 aromatic heterocycles. The minimum Gasteiger partial charge on any atom is -0.371 e. The summed E-state index contributed by atoms with van der Waals surface area (Å²) in [6.07, 6.45) is 3.88. The summed E-state index contributed by atoms with van der Waals surface area (Å²) in [5, 5.41) is 3.41. The van der Waals surface area contributed by atoms with Crippen molar-refractivity contribution in [1.82, 2.24) is 5.32 Å². The molecule has 0 rings (SSSR count). The monoisotopic (exact) mass is 201 g/mol. The number of hydrogen-bond acceptors (Lipinski definition) is 2. The van der Waals surface area contributed by atoms with Crippen LogP contribution in [-0.4, -0.2) is 24.8 Å². The summed E-state index contributed by atoms with van der Waals surface area (Å²) in [6, 6.07) is 0. The van der Waals surface area contributed by atoms with E-state index in [9.17, 15) is 0 Å². The van der Waals surface area contributed by atoms with Crippen molar-refractivity contribution in [2.75, 3.05) is 13.1 Å². The second kappa shape index (κ2) is 7.24. The highest BCUT2D eigenvalue weighted by Gasteiger charge is 2.18. The molecule has 14 heavy (non-hydrogen) atoms. The Balaban J connectivity index is 3.49. The maximum Gasteiger partial charge on any atom is 0.0678 e. The van der Waals surface area contributed by atoms with Gasteiger partial charge in [-0.25, -0.2) is 0 Å². The van der Waals surface area contributed by atoms with Crippen LogP contribution in [0, 0.1) is 0 Å². The molecule has 0 heterocycles. The molecule has 2 nitrogen and oxygen atoms in total. The van der Waals surface area contributed by atoms with Crippen molar-refractivity contribution in [1.29, 1.82) is 0 Å². The maximum absolute atomic E-state index is 5.90. The number of rotatable bonds is 8. The lowest BCUT2D eigenvalue weighted by Crippen LogP contribution is -2.35. The summed E-state index contributed by atoms with van der Waals surface area (Å²) in [5.41, 5.74) is 0.0197. The van der Waals surface area contributed by atoms with Crippen LogP contribution < -0.4 is 5.32 Å². The van der Waals surface area contributed by atoms with Gasteiger partial charge in [0.1, 0.15) is 0 Å². The van der Waals surface area contributed by atoms with Crippen molar-refractivity contribution in [3.63, 3.8) is 0 Å². The fourth-order valence-corrected chi connectivity index (χ4v) is 1.28. The van der Waals surface area contributed by atoms with E-state index in [2.05, 4.69) is 39.9 Å². The summed E-state index contributed by atoms with van der Waals surface area (Å²) >= 11 is 0. The van der Waals surface area contributed by atoms with Gasteiger partial charge in [-0.3, -0.25) is 0 Å². The van der Waals surface area contributed by atoms with Gasteiger partial charge >= 0.3 is 0 Å². The van der Waals surface area contributed by atoms with Crippen molar-refractivity contribution in [3.05, 3.63) is 0 Å². The maximum atomic E-state index is 5.90. The van der Waals surface area contributed by atoms with Gasteiger partial charge in [0, 0.05) is 6.54 Å². The minimum absolute atomic E-state index is 0.0197. The van der Waals surface area contributed by atoms with E-state index in [1.54, 1.807) is 0 Å². The second-order valence-corrected chi connectivity index (χ2v) is 4.60. The van der Waals surface area contributed by atoms with Crippen molar-refractivity contribution in [2.24, 2.45) is 0 Å². The predicted molar refractivity (Wildman–Crippen MR) is 62.7 cm³/mol. The average molecular weight is 201 g/mol. The van der Waals surface area contributed by atoms with Gasteiger partial charge in [0.2, 0.25) is 0 Å². The molecule has 1 N–H and O–H groups in total. The number of ether oxygens (including phenoxy) is 1. The molecule has 0 aliphatic rings. The molecule has 0 bridgehead atoms. The van der Waals surface area contributed by atoms with E-state index in [0.717, 1.165) is 19.5 Å². The molecule has 0 aromatic rings. The molecule has 0 radical (unpaired) electrons. The molecule has 0 aromatic carbocycles. The Morgan fingerprint density at radius 3 is 2.43 bits per heavy atom. The quantitative estimate of drug-likeness (QED) is 0.610. The zero-order valence-corrected chi connectivity index (χ0v) is 10.5. The zero-order valence-electron chi connectivity index (χ0n) is 10.5. The highest BCUT2D eigenvalue weighted by Crippen LogP contribution is 2.15. The summed E-state index contributed by atoms with van der Waals surface area (Å²) in [7, 11) is 0. The van der Waals surface area contributed by atoms with Gasteiger partial charge in [0.15, 0.2) is 0 Å². The van der Waals surface area contributed by atoms with Crippen LogP contribution in [0.3, 0.4) is 0 Å². The Labute approximate surface area is 89.4 Å². The van der Waals surface area contributed by atoms with Crippen molar-refractivity contribution >= 4 is 0 Å². The third kappa shape index (κ3) is 7.34. The van der Waals surface area contributed by atoms with E-state index < -0.39 is 0 Å². The molecule has 0 saturated heterocycles. The molecule has 0 amide bonds. The van der Waals surface area contributed by atoms with Crippen LogP contribution >= 0.6 is 0 Å². The highest BCUT2D eigenvalue weighted by atomic mass is 16.5. The van der Waals surface area contributed by atoms with E-state index in [1.165, 1.54) is 12.8 Å². The Morgan fingerprint density at radius 2 is 1.93 bits per heavy atom. The molecule has 0 saturated carbocycles. The average Bonchev–Trinajstić information content (AvgIpc) is 2.12. The molecule has 1 unspecified atom stereocenters. The van der Waals surface area contributed by atoms with Crippen LogP contribution in [0.2, 0.25) is 0 Å². The third-order valence-corrected chi connectivity index (χ3v) is 2.51. The van der Waals surface area contributed by atoms with E-state index in [4.69, 9.17) is 4.74 Å². The van der Waals surface area contributed by atoms with E-state index in [0.29, 0.717) is 6.10 Å². The normalized spacial score (nSPS) is 14.4. The van der Waals surface area contributed by atoms with Gasteiger partial charge in [-0.1, -0.05) is 20.3 Å². The van der Waals surface area contributed by atoms with Crippen molar-refractivity contribution < 1.29 is 4.74 Å². The molecule has 1 atom stereocenters. The fourth-order valence-electron chi connectivity index (χ4n) is 1.28. The third-order valence-electron chi connectivity index (χ3n) is 2.51. The van der Waals surface area contributed by atoms with E-state index in [1.807, 2.05) is 0 Å². The Kier molecular flexibility index (Phi) is 7.20. The molecule has 86 valence electrons. The lowest BCUT2D eigenvalue weighted by molar-refractivity contribution is -0.0640. The van der Waals surface area contributed by atoms with Crippen molar-refractivity contribution in [3.8, 4) is 0 Å². The molecule has 0 aliphatic heterocycles. The lowest BCUT2D eigenvalue weighted by Gasteiger charge is -2.28. The molecule has 0 fully saturated rings. The van der Waals surface area contributed by atoms with Gasteiger partial charge in [-0.2, -0.15) is 0 Å². The number of hydrogen-bond donors (Lipinski definition) is 1. The van der Waals surface area contributed by atoms with Gasteiger partial charge in [0.05, 0.1) is 11.7 Å². The Hall–Kier alpha value is -0.0800. The molecule has 0 aliphatic carbocycles. The van der Waals surface area contributed by atoms with Crippen molar-refractivity contribution in [2.45, 2.75) is 65.6 Å². The van der Waals surface area contributed by atoms with Crippen LogP contribution in [0.25, 0.3) is 0 Å². The van der Waals surface area contributed by atoms with E-state index in [-0.39, 0.29) is 5.60 Å². The van der Waals surface area contributed by atoms with Gasteiger partial charge in [-0.05, 0) is 40.2 Å². The number of nitrogens with one attached hydrogen (secondary N) is 1. The topological polar surface area (TPSA) is 21.3 Å². The van der Waals surface area contributed by atoms with Crippen LogP contribution in [-0.2, 0) is 4.74 Å². The summed E-state index contributed by atoms with van der Waals surface area (Å²) in [4.78, 5) is 0. The van der Waals surface area contributed by atoms with Crippen LogP contribution in [0.1, 0.15) is 53.9 Å². The van der Waals surface area contributed by atoms with Gasteiger partial charge < -0.3 is 10.1 Å². The minimum atomic E-state index is 0.0197.